The fraction of sp³-hybridized carbons (Fsp3) is 0.133. The van der Waals surface area contributed by atoms with Crippen LogP contribution in [0.25, 0.3) is 0 Å². The van der Waals surface area contributed by atoms with Crippen molar-refractivity contribution in [3.8, 4) is 0 Å². The lowest BCUT2D eigenvalue weighted by atomic mass is 10.2. The van der Waals surface area contributed by atoms with Crippen molar-refractivity contribution in [2.24, 2.45) is 5.10 Å². The maximum Gasteiger partial charge on any atom is 0.271 e. The Kier molecular flexibility index (Phi) is 4.44. The van der Waals surface area contributed by atoms with Crippen molar-refractivity contribution < 1.29 is 4.79 Å². The van der Waals surface area contributed by atoms with E-state index in [1.807, 2.05) is 43.3 Å². The van der Waals surface area contributed by atoms with Crippen LogP contribution in [0.15, 0.2) is 53.9 Å². The number of carbonyl (C=O) groups excluding carboxylic acids is 1. The number of nitrogens with one attached hydrogen (secondary N) is 1. The van der Waals surface area contributed by atoms with Crippen LogP contribution < -0.4 is 10.3 Å². The van der Waals surface area contributed by atoms with Gasteiger partial charge >= 0.3 is 0 Å². The van der Waals surface area contributed by atoms with Crippen LogP contribution in [0.5, 0.6) is 0 Å². The second kappa shape index (κ2) is 6.47. The number of rotatable bonds is 4. The van der Waals surface area contributed by atoms with Gasteiger partial charge in [-0.1, -0.05) is 0 Å². The lowest BCUT2D eigenvalue weighted by molar-refractivity contribution is 0.0955. The van der Waals surface area contributed by atoms with Gasteiger partial charge in [-0.05, 0) is 42.0 Å². The third kappa shape index (κ3) is 3.65. The lowest BCUT2D eigenvalue weighted by Gasteiger charge is -2.12. The summed E-state index contributed by atoms with van der Waals surface area (Å²) in [5.74, 6) is -0.236. The van der Waals surface area contributed by atoms with Gasteiger partial charge in [-0.2, -0.15) is 5.10 Å². The van der Waals surface area contributed by atoms with Gasteiger partial charge in [0.25, 0.3) is 5.91 Å². The van der Waals surface area contributed by atoms with Gasteiger partial charge in [0.15, 0.2) is 0 Å². The molecule has 2 aromatic rings. The number of hydrazone groups is 1. The number of amides is 1. The summed E-state index contributed by atoms with van der Waals surface area (Å²) in [7, 11) is 3.90. The van der Waals surface area contributed by atoms with Crippen molar-refractivity contribution >= 4 is 17.8 Å². The molecule has 1 aromatic heterocycles. The molecule has 0 bridgehead atoms. The van der Waals surface area contributed by atoms with Crippen LogP contribution in [0.3, 0.4) is 0 Å². The van der Waals surface area contributed by atoms with Gasteiger partial charge in [-0.25, -0.2) is 5.43 Å². The van der Waals surface area contributed by atoms with E-state index >= 15 is 0 Å². The molecule has 1 amide bonds. The average molecular weight is 268 g/mol. The number of anilines is 1. The number of carbonyl (C=O) groups is 1. The monoisotopic (exact) mass is 268 g/mol. The summed E-state index contributed by atoms with van der Waals surface area (Å²) in [6.07, 6.45) is 4.92. The number of pyridine rings is 1. The molecule has 0 radical (unpaired) electrons. The normalized spacial score (nSPS) is 10.5. The summed E-state index contributed by atoms with van der Waals surface area (Å²) in [5, 5.41) is 3.91. The van der Waals surface area contributed by atoms with E-state index in [0.29, 0.717) is 5.56 Å². The lowest BCUT2D eigenvalue weighted by Crippen LogP contribution is -2.17. The Morgan fingerprint density at radius 1 is 1.15 bits per heavy atom. The van der Waals surface area contributed by atoms with E-state index in [1.165, 1.54) is 0 Å². The zero-order valence-electron chi connectivity index (χ0n) is 11.4. The Hall–Kier alpha value is -2.69. The van der Waals surface area contributed by atoms with E-state index in [0.717, 1.165) is 11.3 Å². The first-order valence-electron chi connectivity index (χ1n) is 6.17. The van der Waals surface area contributed by atoms with Crippen molar-refractivity contribution in [3.05, 3.63) is 59.9 Å². The second-order valence-corrected chi connectivity index (χ2v) is 4.42. The molecule has 1 aromatic carbocycles. The molecular formula is C15H16N4O. The zero-order valence-corrected chi connectivity index (χ0v) is 11.4. The van der Waals surface area contributed by atoms with Gasteiger partial charge in [-0.3, -0.25) is 9.78 Å². The molecule has 2 rings (SSSR count). The van der Waals surface area contributed by atoms with E-state index in [4.69, 9.17) is 0 Å². The van der Waals surface area contributed by atoms with Gasteiger partial charge in [0.05, 0.1) is 6.21 Å². The number of benzene rings is 1. The van der Waals surface area contributed by atoms with E-state index in [9.17, 15) is 4.79 Å². The molecule has 0 aliphatic rings. The standard InChI is InChI=1S/C15H16N4O/c1-19(2)14-5-3-13(4-6-14)15(20)18-17-11-12-7-9-16-10-8-12/h3-11H,1-2H3,(H,18,20). The Morgan fingerprint density at radius 3 is 2.40 bits per heavy atom. The van der Waals surface area contributed by atoms with Gasteiger partial charge in [0.2, 0.25) is 0 Å². The number of aromatic nitrogens is 1. The highest BCUT2D eigenvalue weighted by Crippen LogP contribution is 2.11. The average Bonchev–Trinajstić information content (AvgIpc) is 2.48. The molecule has 1 heterocycles. The highest BCUT2D eigenvalue weighted by Gasteiger charge is 2.04. The Balaban J connectivity index is 1.96. The second-order valence-electron chi connectivity index (χ2n) is 4.42. The molecule has 0 atom stereocenters. The molecule has 0 aliphatic heterocycles. The smallest absolute Gasteiger partial charge is 0.271 e. The molecule has 0 spiro atoms. The Bertz CT molecular complexity index is 591. The van der Waals surface area contributed by atoms with Crippen LogP contribution in [0, 0.1) is 0 Å². The summed E-state index contributed by atoms with van der Waals surface area (Å²) in [6, 6.07) is 10.9. The minimum Gasteiger partial charge on any atom is -0.378 e. The molecule has 5 heteroatoms. The number of hydrogen-bond donors (Lipinski definition) is 1. The van der Waals surface area contributed by atoms with Crippen molar-refractivity contribution in [1.82, 2.24) is 10.4 Å². The topological polar surface area (TPSA) is 57.6 Å². The van der Waals surface area contributed by atoms with Crippen LogP contribution >= 0.6 is 0 Å². The summed E-state index contributed by atoms with van der Waals surface area (Å²) in [5.41, 5.74) is 4.99. The molecule has 0 unspecified atom stereocenters. The molecule has 5 nitrogen and oxygen atoms in total. The van der Waals surface area contributed by atoms with Crippen molar-refractivity contribution in [3.63, 3.8) is 0 Å². The summed E-state index contributed by atoms with van der Waals surface area (Å²) in [6.45, 7) is 0. The van der Waals surface area contributed by atoms with Gasteiger partial charge in [-0.15, -0.1) is 0 Å². The quantitative estimate of drug-likeness (QED) is 0.680. The number of nitrogens with zero attached hydrogens (tertiary/aromatic N) is 3. The first-order chi connectivity index (χ1) is 9.66. The van der Waals surface area contributed by atoms with Crippen LogP contribution in [0.4, 0.5) is 5.69 Å². The van der Waals surface area contributed by atoms with Crippen molar-refractivity contribution in [2.75, 3.05) is 19.0 Å². The third-order valence-corrected chi connectivity index (χ3v) is 2.73. The van der Waals surface area contributed by atoms with Crippen LogP contribution in [-0.2, 0) is 0 Å². The molecular weight excluding hydrogens is 252 g/mol. The molecule has 0 saturated heterocycles. The summed E-state index contributed by atoms with van der Waals surface area (Å²) >= 11 is 0. The maximum absolute atomic E-state index is 11.9. The Morgan fingerprint density at radius 2 is 1.80 bits per heavy atom. The van der Waals surface area contributed by atoms with Crippen LogP contribution in [0.1, 0.15) is 15.9 Å². The molecule has 0 saturated carbocycles. The third-order valence-electron chi connectivity index (χ3n) is 2.73. The molecule has 0 aliphatic carbocycles. The molecule has 20 heavy (non-hydrogen) atoms. The van der Waals surface area contributed by atoms with Crippen LogP contribution in [-0.4, -0.2) is 31.2 Å². The number of hydrogen-bond acceptors (Lipinski definition) is 4. The predicted molar refractivity (Wildman–Crippen MR) is 80.1 cm³/mol. The first kappa shape index (κ1) is 13.7. The van der Waals surface area contributed by atoms with E-state index in [-0.39, 0.29) is 5.91 Å². The van der Waals surface area contributed by atoms with Crippen molar-refractivity contribution in [1.29, 1.82) is 0 Å². The first-order valence-corrected chi connectivity index (χ1v) is 6.17. The molecule has 102 valence electrons. The largest absolute Gasteiger partial charge is 0.378 e. The predicted octanol–water partition coefficient (Wildman–Crippen LogP) is 1.91. The molecule has 1 N–H and O–H groups in total. The fourth-order valence-corrected chi connectivity index (χ4v) is 1.59. The maximum atomic E-state index is 11.9. The highest BCUT2D eigenvalue weighted by molar-refractivity contribution is 5.95. The van der Waals surface area contributed by atoms with Gasteiger partial charge < -0.3 is 4.90 Å². The van der Waals surface area contributed by atoms with Crippen LogP contribution in [0.2, 0.25) is 0 Å². The van der Waals surface area contributed by atoms with E-state index in [1.54, 1.807) is 30.7 Å². The Labute approximate surface area is 118 Å². The minimum absolute atomic E-state index is 0.236. The summed E-state index contributed by atoms with van der Waals surface area (Å²) < 4.78 is 0. The molecule has 0 fully saturated rings. The minimum atomic E-state index is -0.236. The van der Waals surface area contributed by atoms with E-state index in [2.05, 4.69) is 15.5 Å². The van der Waals surface area contributed by atoms with Gasteiger partial charge in [0, 0.05) is 37.7 Å². The highest BCUT2D eigenvalue weighted by atomic mass is 16.2. The summed E-state index contributed by atoms with van der Waals surface area (Å²) in [4.78, 5) is 17.7. The fourth-order valence-electron chi connectivity index (χ4n) is 1.59. The van der Waals surface area contributed by atoms with E-state index < -0.39 is 0 Å². The van der Waals surface area contributed by atoms with Crippen molar-refractivity contribution in [2.45, 2.75) is 0 Å². The zero-order chi connectivity index (χ0) is 14.4. The van der Waals surface area contributed by atoms with Gasteiger partial charge in [0.1, 0.15) is 0 Å². The SMILES string of the molecule is CN(C)c1ccc(C(=O)NN=Cc2ccncc2)cc1.